The Hall–Kier alpha value is -1.09. The first-order valence-electron chi connectivity index (χ1n) is 5.14. The molecule has 0 atom stereocenters. The monoisotopic (exact) mass is 220 g/mol. The highest BCUT2D eigenvalue weighted by Gasteiger charge is 2.02. The number of nitrogen functional groups attached to an aromatic ring is 1. The number of nitrogens with one attached hydrogen (secondary N) is 1. The molecule has 1 aromatic carbocycles. The van der Waals surface area contributed by atoms with Crippen LogP contribution in [0.1, 0.15) is 19.5 Å². The molecule has 1 heterocycles. The van der Waals surface area contributed by atoms with E-state index in [2.05, 4.69) is 24.9 Å². The van der Waals surface area contributed by atoms with E-state index in [1.165, 1.54) is 16.6 Å². The summed E-state index contributed by atoms with van der Waals surface area (Å²) >= 11 is 1.94. The van der Waals surface area contributed by atoms with Crippen molar-refractivity contribution in [3.63, 3.8) is 0 Å². The number of anilines is 1. The van der Waals surface area contributed by atoms with E-state index in [1.807, 2.05) is 30.0 Å². The van der Waals surface area contributed by atoms with Crippen molar-refractivity contribution >= 4 is 28.4 Å². The van der Waals surface area contributed by atoms with Crippen molar-refractivity contribution in [2.45, 2.75) is 24.9 Å². The van der Waals surface area contributed by atoms with E-state index in [9.17, 15) is 0 Å². The van der Waals surface area contributed by atoms with Crippen LogP contribution in [-0.2, 0) is 5.75 Å². The van der Waals surface area contributed by atoms with Gasteiger partial charge in [-0.15, -0.1) is 0 Å². The summed E-state index contributed by atoms with van der Waals surface area (Å²) in [5.74, 6) is 1.03. The SMILES string of the molecule is CC(C)SCc1cc2cc(N)ccc2[nH]1. The van der Waals surface area contributed by atoms with Gasteiger partial charge in [-0.2, -0.15) is 11.8 Å². The molecule has 0 aliphatic heterocycles. The molecule has 0 amide bonds. The highest BCUT2D eigenvalue weighted by molar-refractivity contribution is 7.99. The molecule has 2 nitrogen and oxygen atoms in total. The molecular weight excluding hydrogens is 204 g/mol. The first-order valence-corrected chi connectivity index (χ1v) is 6.19. The Morgan fingerprint density at radius 2 is 2.13 bits per heavy atom. The fourth-order valence-electron chi connectivity index (χ4n) is 1.55. The predicted octanol–water partition coefficient (Wildman–Crippen LogP) is 3.39. The second kappa shape index (κ2) is 4.19. The Balaban J connectivity index is 2.23. The average Bonchev–Trinajstić information content (AvgIpc) is 2.56. The van der Waals surface area contributed by atoms with Crippen molar-refractivity contribution < 1.29 is 0 Å². The van der Waals surface area contributed by atoms with Crippen LogP contribution in [-0.4, -0.2) is 10.2 Å². The topological polar surface area (TPSA) is 41.8 Å². The normalized spacial score (nSPS) is 11.4. The minimum atomic E-state index is 0.668. The van der Waals surface area contributed by atoms with Gasteiger partial charge in [0.1, 0.15) is 0 Å². The molecule has 3 N–H and O–H groups in total. The van der Waals surface area contributed by atoms with Crippen LogP contribution in [0.2, 0.25) is 0 Å². The number of hydrogen-bond donors (Lipinski definition) is 2. The molecule has 0 radical (unpaired) electrons. The van der Waals surface area contributed by atoms with Gasteiger partial charge in [0, 0.05) is 28.0 Å². The zero-order valence-electron chi connectivity index (χ0n) is 9.08. The number of fused-ring (bicyclic) bond motifs is 1. The van der Waals surface area contributed by atoms with Crippen molar-refractivity contribution in [3.8, 4) is 0 Å². The third-order valence-electron chi connectivity index (χ3n) is 2.27. The van der Waals surface area contributed by atoms with E-state index in [-0.39, 0.29) is 0 Å². The van der Waals surface area contributed by atoms with E-state index >= 15 is 0 Å². The molecule has 2 aromatic rings. The maximum Gasteiger partial charge on any atom is 0.0457 e. The van der Waals surface area contributed by atoms with Gasteiger partial charge in [-0.05, 0) is 29.5 Å². The van der Waals surface area contributed by atoms with Crippen LogP contribution >= 0.6 is 11.8 Å². The molecule has 2 rings (SSSR count). The summed E-state index contributed by atoms with van der Waals surface area (Å²) in [6, 6.07) is 8.16. The first-order chi connectivity index (χ1) is 7.15. The summed E-state index contributed by atoms with van der Waals surface area (Å²) in [5.41, 5.74) is 9.00. The standard InChI is InChI=1S/C12H16N2S/c1-8(2)15-7-11-6-9-5-10(13)3-4-12(9)14-11/h3-6,8,14H,7,13H2,1-2H3. The Bertz CT molecular complexity index is 460. The van der Waals surface area contributed by atoms with Crippen LogP contribution in [0.3, 0.4) is 0 Å². The number of H-pyrrole nitrogens is 1. The largest absolute Gasteiger partial charge is 0.399 e. The van der Waals surface area contributed by atoms with Crippen molar-refractivity contribution in [1.29, 1.82) is 0 Å². The molecule has 0 spiro atoms. The highest BCUT2D eigenvalue weighted by Crippen LogP contribution is 2.22. The lowest BCUT2D eigenvalue weighted by molar-refractivity contribution is 1.10. The smallest absolute Gasteiger partial charge is 0.0457 e. The number of aromatic amines is 1. The van der Waals surface area contributed by atoms with Gasteiger partial charge in [-0.1, -0.05) is 13.8 Å². The Morgan fingerprint density at radius 1 is 1.33 bits per heavy atom. The molecule has 3 heteroatoms. The van der Waals surface area contributed by atoms with Gasteiger partial charge in [0.25, 0.3) is 0 Å². The molecule has 0 bridgehead atoms. The zero-order valence-corrected chi connectivity index (χ0v) is 9.90. The molecule has 1 aromatic heterocycles. The third kappa shape index (κ3) is 2.48. The number of hydrogen-bond acceptors (Lipinski definition) is 2. The van der Waals surface area contributed by atoms with E-state index in [1.54, 1.807) is 0 Å². The van der Waals surface area contributed by atoms with Crippen LogP contribution < -0.4 is 5.73 Å². The fourth-order valence-corrected chi connectivity index (χ4v) is 2.21. The summed E-state index contributed by atoms with van der Waals surface area (Å²) in [5, 5.41) is 1.87. The van der Waals surface area contributed by atoms with Crippen LogP contribution in [0.4, 0.5) is 5.69 Å². The van der Waals surface area contributed by atoms with E-state index in [0.717, 1.165) is 11.4 Å². The van der Waals surface area contributed by atoms with Gasteiger partial charge in [-0.3, -0.25) is 0 Å². The van der Waals surface area contributed by atoms with Gasteiger partial charge in [-0.25, -0.2) is 0 Å². The highest BCUT2D eigenvalue weighted by atomic mass is 32.2. The molecule has 15 heavy (non-hydrogen) atoms. The van der Waals surface area contributed by atoms with E-state index in [4.69, 9.17) is 5.73 Å². The molecule has 0 aliphatic rings. The van der Waals surface area contributed by atoms with Crippen LogP contribution in [0, 0.1) is 0 Å². The third-order valence-corrected chi connectivity index (χ3v) is 3.42. The minimum Gasteiger partial charge on any atom is -0.399 e. The van der Waals surface area contributed by atoms with Crippen molar-refractivity contribution in [1.82, 2.24) is 4.98 Å². The molecule has 0 saturated carbocycles. The van der Waals surface area contributed by atoms with Crippen molar-refractivity contribution in [2.24, 2.45) is 0 Å². The van der Waals surface area contributed by atoms with Crippen LogP contribution in [0.15, 0.2) is 24.3 Å². The fraction of sp³-hybridized carbons (Fsp3) is 0.333. The number of aromatic nitrogens is 1. The molecule has 0 aliphatic carbocycles. The summed E-state index contributed by atoms with van der Waals surface area (Å²) in [7, 11) is 0. The van der Waals surface area contributed by atoms with E-state index in [0.29, 0.717) is 5.25 Å². The van der Waals surface area contributed by atoms with Gasteiger partial charge in [0.2, 0.25) is 0 Å². The second-order valence-electron chi connectivity index (χ2n) is 4.00. The Kier molecular flexibility index (Phi) is 2.91. The van der Waals surface area contributed by atoms with Gasteiger partial charge in [0.15, 0.2) is 0 Å². The summed E-state index contributed by atoms with van der Waals surface area (Å²) in [4.78, 5) is 3.40. The molecule has 0 saturated heterocycles. The molecule has 80 valence electrons. The quantitative estimate of drug-likeness (QED) is 0.778. The Labute approximate surface area is 94.2 Å². The molecule has 0 fully saturated rings. The summed E-state index contributed by atoms with van der Waals surface area (Å²) < 4.78 is 0. The number of benzene rings is 1. The summed E-state index contributed by atoms with van der Waals surface area (Å²) in [6.07, 6.45) is 0. The second-order valence-corrected chi connectivity index (χ2v) is 5.57. The van der Waals surface area contributed by atoms with Gasteiger partial charge < -0.3 is 10.7 Å². The molecular formula is C12H16N2S. The average molecular weight is 220 g/mol. The maximum atomic E-state index is 5.74. The van der Waals surface area contributed by atoms with Crippen molar-refractivity contribution in [3.05, 3.63) is 30.0 Å². The number of thioether (sulfide) groups is 1. The lowest BCUT2D eigenvalue weighted by Crippen LogP contribution is -1.88. The zero-order chi connectivity index (χ0) is 10.8. The lowest BCUT2D eigenvalue weighted by Gasteiger charge is -2.01. The first kappa shape index (κ1) is 10.4. The van der Waals surface area contributed by atoms with Gasteiger partial charge in [0.05, 0.1) is 0 Å². The van der Waals surface area contributed by atoms with E-state index < -0.39 is 0 Å². The van der Waals surface area contributed by atoms with Gasteiger partial charge >= 0.3 is 0 Å². The van der Waals surface area contributed by atoms with Crippen LogP contribution in [0.5, 0.6) is 0 Å². The Morgan fingerprint density at radius 3 is 2.87 bits per heavy atom. The van der Waals surface area contributed by atoms with Crippen LogP contribution in [0.25, 0.3) is 10.9 Å². The van der Waals surface area contributed by atoms with Crippen molar-refractivity contribution in [2.75, 3.05) is 5.73 Å². The molecule has 0 unspecified atom stereocenters. The predicted molar refractivity (Wildman–Crippen MR) is 69.1 cm³/mol. The maximum absolute atomic E-state index is 5.74. The summed E-state index contributed by atoms with van der Waals surface area (Å²) in [6.45, 7) is 4.43. The minimum absolute atomic E-state index is 0.668. The number of nitrogens with two attached hydrogens (primary N) is 1. The number of rotatable bonds is 3. The lowest BCUT2D eigenvalue weighted by atomic mass is 10.2.